The first-order valence-electron chi connectivity index (χ1n) is 13.5. The van der Waals surface area contributed by atoms with E-state index in [0.29, 0.717) is 0 Å². The van der Waals surface area contributed by atoms with Crippen molar-refractivity contribution < 1.29 is 0 Å². The van der Waals surface area contributed by atoms with Crippen molar-refractivity contribution in [1.29, 1.82) is 0 Å². The fraction of sp³-hybridized carbons (Fsp3) is 0.0811. The van der Waals surface area contributed by atoms with Crippen molar-refractivity contribution in [2.75, 3.05) is 4.90 Å². The van der Waals surface area contributed by atoms with E-state index in [-0.39, 0.29) is 5.41 Å². The smallest absolute Gasteiger partial charge is 0.0468 e. The summed E-state index contributed by atoms with van der Waals surface area (Å²) in [4.78, 5) is 2.40. The molecule has 1 nitrogen and oxygen atoms in total. The third kappa shape index (κ3) is 3.38. The Morgan fingerprint density at radius 3 is 1.97 bits per heavy atom. The summed E-state index contributed by atoms with van der Waals surface area (Å²) in [5.41, 5.74) is 8.99. The number of hydrogen-bond donors (Lipinski definition) is 0. The number of anilines is 3. The van der Waals surface area contributed by atoms with Gasteiger partial charge in [0.15, 0.2) is 0 Å². The monoisotopic (exact) mass is 517 g/mol. The molecule has 7 aromatic rings. The fourth-order valence-corrected chi connectivity index (χ4v) is 7.58. The quantitative estimate of drug-likeness (QED) is 0.225. The number of hydrogen-bond acceptors (Lipinski definition) is 2. The standard InChI is InChI=1S/C37H27NS/c1-37(2)33-15-9-8-14-29(33)30-22-27(16-18-34(30)37)38(26-12-4-3-5-13-26)28-17-19-35-32(23-28)31-20-24-10-6-7-11-25(24)21-36(31)39-35/h3-23H,1-2H3. The topological polar surface area (TPSA) is 3.24 Å². The van der Waals surface area contributed by atoms with Crippen molar-refractivity contribution in [1.82, 2.24) is 0 Å². The van der Waals surface area contributed by atoms with Crippen LogP contribution in [0.5, 0.6) is 0 Å². The van der Waals surface area contributed by atoms with E-state index < -0.39 is 0 Å². The molecular formula is C37H27NS. The van der Waals surface area contributed by atoms with E-state index in [4.69, 9.17) is 0 Å². The molecule has 0 radical (unpaired) electrons. The van der Waals surface area contributed by atoms with Crippen LogP contribution in [0.1, 0.15) is 25.0 Å². The SMILES string of the molecule is CC1(C)c2ccccc2-c2cc(N(c3ccccc3)c3ccc4sc5cc6ccccc6cc5c4c3)ccc21. The molecule has 186 valence electrons. The van der Waals surface area contributed by atoms with Crippen molar-refractivity contribution in [3.63, 3.8) is 0 Å². The lowest BCUT2D eigenvalue weighted by Crippen LogP contribution is -2.15. The molecule has 6 aromatic carbocycles. The Morgan fingerprint density at radius 1 is 0.487 bits per heavy atom. The third-order valence-corrected chi connectivity index (χ3v) is 9.55. The summed E-state index contributed by atoms with van der Waals surface area (Å²) in [5.74, 6) is 0. The number of fused-ring (bicyclic) bond motifs is 7. The van der Waals surface area contributed by atoms with E-state index >= 15 is 0 Å². The van der Waals surface area contributed by atoms with Gasteiger partial charge in [-0.3, -0.25) is 0 Å². The lowest BCUT2D eigenvalue weighted by Gasteiger charge is -2.27. The summed E-state index contributed by atoms with van der Waals surface area (Å²) < 4.78 is 2.66. The van der Waals surface area contributed by atoms with E-state index in [2.05, 4.69) is 146 Å². The minimum Gasteiger partial charge on any atom is -0.310 e. The molecule has 1 aliphatic rings. The fourth-order valence-electron chi connectivity index (χ4n) is 6.46. The van der Waals surface area contributed by atoms with E-state index in [1.54, 1.807) is 0 Å². The van der Waals surface area contributed by atoms with Gasteiger partial charge in [-0.25, -0.2) is 0 Å². The van der Waals surface area contributed by atoms with Crippen LogP contribution < -0.4 is 4.90 Å². The highest BCUT2D eigenvalue weighted by atomic mass is 32.1. The van der Waals surface area contributed by atoms with Gasteiger partial charge in [0.25, 0.3) is 0 Å². The summed E-state index contributed by atoms with van der Waals surface area (Å²) in [6.07, 6.45) is 0. The van der Waals surface area contributed by atoms with Gasteiger partial charge in [-0.05, 0) is 87.6 Å². The Morgan fingerprint density at radius 2 is 1.13 bits per heavy atom. The number of thiophene rings is 1. The molecular weight excluding hydrogens is 490 g/mol. The van der Waals surface area contributed by atoms with Crippen LogP contribution in [0.25, 0.3) is 42.1 Å². The van der Waals surface area contributed by atoms with Crippen molar-refractivity contribution in [3.8, 4) is 11.1 Å². The molecule has 2 heteroatoms. The van der Waals surface area contributed by atoms with Crippen LogP contribution in [-0.4, -0.2) is 0 Å². The predicted molar refractivity (Wildman–Crippen MR) is 169 cm³/mol. The van der Waals surface area contributed by atoms with Crippen LogP contribution in [0.3, 0.4) is 0 Å². The van der Waals surface area contributed by atoms with E-state index in [1.807, 2.05) is 11.3 Å². The van der Waals surface area contributed by atoms with Gasteiger partial charge in [-0.2, -0.15) is 0 Å². The van der Waals surface area contributed by atoms with Crippen molar-refractivity contribution >= 4 is 59.3 Å². The summed E-state index contributed by atoms with van der Waals surface area (Å²) in [5, 5.41) is 5.22. The maximum atomic E-state index is 2.40. The van der Waals surface area contributed by atoms with Crippen LogP contribution in [0, 0.1) is 0 Å². The molecule has 0 saturated heterocycles. The van der Waals surface area contributed by atoms with Gasteiger partial charge in [0, 0.05) is 42.6 Å². The minimum absolute atomic E-state index is 0.000684. The summed E-state index contributed by atoms with van der Waals surface area (Å²) in [6.45, 7) is 4.68. The zero-order valence-corrected chi connectivity index (χ0v) is 22.8. The van der Waals surface area contributed by atoms with Gasteiger partial charge >= 0.3 is 0 Å². The normalized spacial score (nSPS) is 13.6. The molecule has 1 aliphatic carbocycles. The Bertz CT molecular complexity index is 2050. The van der Waals surface area contributed by atoms with Gasteiger partial charge in [0.2, 0.25) is 0 Å². The highest BCUT2D eigenvalue weighted by Crippen LogP contribution is 2.50. The van der Waals surface area contributed by atoms with Gasteiger partial charge in [-0.1, -0.05) is 86.6 Å². The zero-order valence-electron chi connectivity index (χ0n) is 22.0. The Kier molecular flexibility index (Phi) is 4.80. The first-order chi connectivity index (χ1) is 19.1. The molecule has 0 N–H and O–H groups in total. The van der Waals surface area contributed by atoms with Crippen LogP contribution in [-0.2, 0) is 5.41 Å². The molecule has 1 heterocycles. The second kappa shape index (κ2) is 8.30. The molecule has 39 heavy (non-hydrogen) atoms. The van der Waals surface area contributed by atoms with E-state index in [9.17, 15) is 0 Å². The van der Waals surface area contributed by atoms with Gasteiger partial charge in [0.1, 0.15) is 0 Å². The molecule has 0 unspecified atom stereocenters. The number of benzene rings is 6. The van der Waals surface area contributed by atoms with Crippen LogP contribution >= 0.6 is 11.3 Å². The average Bonchev–Trinajstić information content (AvgIpc) is 3.44. The highest BCUT2D eigenvalue weighted by molar-refractivity contribution is 7.25. The van der Waals surface area contributed by atoms with Gasteiger partial charge < -0.3 is 4.90 Å². The zero-order chi connectivity index (χ0) is 26.1. The third-order valence-electron chi connectivity index (χ3n) is 8.42. The van der Waals surface area contributed by atoms with Gasteiger partial charge in [-0.15, -0.1) is 11.3 Å². The highest BCUT2D eigenvalue weighted by Gasteiger charge is 2.35. The van der Waals surface area contributed by atoms with Gasteiger partial charge in [0.05, 0.1) is 0 Å². The summed E-state index contributed by atoms with van der Waals surface area (Å²) in [7, 11) is 0. The largest absolute Gasteiger partial charge is 0.310 e. The van der Waals surface area contributed by atoms with Crippen LogP contribution in [0.15, 0.2) is 127 Å². The maximum Gasteiger partial charge on any atom is 0.0468 e. The predicted octanol–water partition coefficient (Wildman–Crippen LogP) is 11.0. The molecule has 8 rings (SSSR count). The minimum atomic E-state index is -0.000684. The lowest BCUT2D eigenvalue weighted by atomic mass is 9.82. The van der Waals surface area contributed by atoms with E-state index in [0.717, 1.165) is 5.69 Å². The summed E-state index contributed by atoms with van der Waals surface area (Å²) >= 11 is 1.88. The molecule has 0 atom stereocenters. The van der Waals surface area contributed by atoms with Crippen molar-refractivity contribution in [2.24, 2.45) is 0 Å². The molecule has 0 bridgehead atoms. The second-order valence-corrected chi connectivity index (χ2v) is 12.1. The Hall–Kier alpha value is -4.40. The van der Waals surface area contributed by atoms with E-state index in [1.165, 1.54) is 64.6 Å². The number of nitrogens with zero attached hydrogens (tertiary/aromatic N) is 1. The molecule has 0 amide bonds. The van der Waals surface area contributed by atoms with Crippen molar-refractivity contribution in [3.05, 3.63) is 139 Å². The first-order valence-corrected chi connectivity index (χ1v) is 14.3. The molecule has 0 saturated carbocycles. The number of rotatable bonds is 3. The second-order valence-electron chi connectivity index (χ2n) is 11.0. The maximum absolute atomic E-state index is 2.40. The molecule has 0 fully saturated rings. The van der Waals surface area contributed by atoms with Crippen LogP contribution in [0.2, 0.25) is 0 Å². The lowest BCUT2D eigenvalue weighted by molar-refractivity contribution is 0.660. The number of para-hydroxylation sites is 1. The van der Waals surface area contributed by atoms with Crippen LogP contribution in [0.4, 0.5) is 17.1 Å². The van der Waals surface area contributed by atoms with Crippen molar-refractivity contribution in [2.45, 2.75) is 19.3 Å². The Labute approximate surface area is 232 Å². The first kappa shape index (κ1) is 22.6. The Balaban J connectivity index is 1.35. The molecule has 0 aliphatic heterocycles. The summed E-state index contributed by atoms with van der Waals surface area (Å²) in [6, 6.07) is 46.9. The molecule has 0 spiro atoms. The average molecular weight is 518 g/mol. The molecule has 1 aromatic heterocycles.